The third-order valence-electron chi connectivity index (χ3n) is 2.16. The second kappa shape index (κ2) is 2.54. The van der Waals surface area contributed by atoms with Gasteiger partial charge in [0.25, 0.3) is 0 Å². The molecule has 0 saturated heterocycles. The van der Waals surface area contributed by atoms with Crippen molar-refractivity contribution in [2.24, 2.45) is 0 Å². The van der Waals surface area contributed by atoms with Crippen LogP contribution in [0.25, 0.3) is 22.4 Å². The van der Waals surface area contributed by atoms with E-state index in [1.807, 2.05) is 30.3 Å². The van der Waals surface area contributed by atoms with Crippen LogP contribution >= 0.6 is 0 Å². The summed E-state index contributed by atoms with van der Waals surface area (Å²) >= 11 is 0. The Morgan fingerprint density at radius 1 is 1.14 bits per heavy atom. The Morgan fingerprint density at radius 2 is 2.00 bits per heavy atom. The molecule has 2 aliphatic rings. The summed E-state index contributed by atoms with van der Waals surface area (Å²) in [6.45, 7) is 0. The summed E-state index contributed by atoms with van der Waals surface area (Å²) in [7, 11) is 0. The molecule has 0 unspecified atom stereocenters. The van der Waals surface area contributed by atoms with Gasteiger partial charge in [0, 0.05) is 11.5 Å². The first-order chi connectivity index (χ1) is 6.83. The fraction of sp³-hybridized carbons (Fsp3) is 0. The second-order valence-corrected chi connectivity index (χ2v) is 3.11. The van der Waals surface area contributed by atoms with E-state index in [0.29, 0.717) is 11.5 Å². The van der Waals surface area contributed by atoms with E-state index in [9.17, 15) is 4.39 Å². The van der Waals surface area contributed by atoms with Crippen molar-refractivity contribution < 1.29 is 8.81 Å². The molecule has 0 atom stereocenters. The number of halogens is 1. The van der Waals surface area contributed by atoms with Gasteiger partial charge in [-0.2, -0.15) is 4.39 Å². The highest BCUT2D eigenvalue weighted by Gasteiger charge is 2.11. The van der Waals surface area contributed by atoms with Crippen LogP contribution in [-0.2, 0) is 0 Å². The van der Waals surface area contributed by atoms with Crippen molar-refractivity contribution in [3.8, 4) is 11.5 Å². The van der Waals surface area contributed by atoms with E-state index < -0.39 is 5.95 Å². The third kappa shape index (κ3) is 0.988. The monoisotopic (exact) mass is 187 g/mol. The largest absolute Gasteiger partial charge is 0.454 e. The van der Waals surface area contributed by atoms with E-state index in [1.165, 1.54) is 6.07 Å². The fourth-order valence-corrected chi connectivity index (χ4v) is 1.53. The van der Waals surface area contributed by atoms with Crippen LogP contribution < -0.4 is 0 Å². The lowest BCUT2D eigenvalue weighted by Gasteiger charge is -1.99. The van der Waals surface area contributed by atoms with Gasteiger partial charge >= 0.3 is 0 Å². The van der Waals surface area contributed by atoms with E-state index >= 15 is 0 Å². The number of aromatic nitrogens is 1. The molecule has 0 radical (unpaired) electrons. The summed E-state index contributed by atoms with van der Waals surface area (Å²) in [5, 5.41) is 0.929. The molecule has 2 heterocycles. The zero-order valence-electron chi connectivity index (χ0n) is 7.20. The molecule has 2 nitrogen and oxygen atoms in total. The van der Waals surface area contributed by atoms with Crippen molar-refractivity contribution in [1.82, 2.24) is 4.98 Å². The molecular formula is C11H6FNO. The van der Waals surface area contributed by atoms with E-state index in [4.69, 9.17) is 4.42 Å². The summed E-state index contributed by atoms with van der Waals surface area (Å²) in [5.74, 6) is -0.0137. The van der Waals surface area contributed by atoms with Crippen LogP contribution in [0.15, 0.2) is 40.8 Å². The minimum Gasteiger partial charge on any atom is -0.454 e. The maximum Gasteiger partial charge on any atom is 0.217 e. The summed E-state index contributed by atoms with van der Waals surface area (Å²) < 4.78 is 18.3. The first-order valence-electron chi connectivity index (χ1n) is 4.28. The summed E-state index contributed by atoms with van der Waals surface area (Å²) in [4.78, 5) is 3.70. The van der Waals surface area contributed by atoms with Gasteiger partial charge in [-0.15, -0.1) is 0 Å². The number of hydrogen-bond donors (Lipinski definition) is 0. The van der Waals surface area contributed by atoms with Gasteiger partial charge in [0.1, 0.15) is 11.3 Å². The molecule has 0 aliphatic carbocycles. The van der Waals surface area contributed by atoms with Crippen molar-refractivity contribution >= 4 is 11.0 Å². The Kier molecular flexibility index (Phi) is 1.36. The Hall–Kier alpha value is -1.90. The predicted octanol–water partition coefficient (Wildman–Crippen LogP) is 3.07. The van der Waals surface area contributed by atoms with Crippen LogP contribution in [-0.4, -0.2) is 4.98 Å². The highest BCUT2D eigenvalue weighted by atomic mass is 19.1. The van der Waals surface area contributed by atoms with Crippen molar-refractivity contribution in [3.63, 3.8) is 0 Å². The van der Waals surface area contributed by atoms with Gasteiger partial charge in [0.2, 0.25) is 5.95 Å². The van der Waals surface area contributed by atoms with E-state index in [1.54, 1.807) is 0 Å². The van der Waals surface area contributed by atoms with Gasteiger partial charge in [-0.25, -0.2) is 4.98 Å². The molecular weight excluding hydrogens is 181 g/mol. The van der Waals surface area contributed by atoms with Gasteiger partial charge in [-0.05, 0) is 12.1 Å². The molecule has 0 fully saturated rings. The maximum absolute atomic E-state index is 12.8. The molecule has 0 saturated carbocycles. The summed E-state index contributed by atoms with van der Waals surface area (Å²) in [5.41, 5.74) is 1.30. The lowest BCUT2D eigenvalue weighted by atomic mass is 10.2. The first-order valence-corrected chi connectivity index (χ1v) is 4.28. The molecule has 0 amide bonds. The molecule has 1 aromatic carbocycles. The van der Waals surface area contributed by atoms with Crippen LogP contribution in [0, 0.1) is 5.95 Å². The second-order valence-electron chi connectivity index (χ2n) is 3.11. The molecule has 68 valence electrons. The highest BCUT2D eigenvalue weighted by Crippen LogP contribution is 2.27. The molecule has 0 bridgehead atoms. The van der Waals surface area contributed by atoms with Crippen LogP contribution in [0.3, 0.4) is 0 Å². The SMILES string of the molecule is Fc1cc2oc3ccccc3cc-2n1. The highest BCUT2D eigenvalue weighted by molar-refractivity contribution is 5.81. The maximum atomic E-state index is 12.8. The molecule has 3 heteroatoms. The zero-order valence-corrected chi connectivity index (χ0v) is 7.20. The lowest BCUT2D eigenvalue weighted by Crippen LogP contribution is -1.78. The summed E-state index contributed by atoms with van der Waals surface area (Å²) in [6, 6.07) is 10.6. The molecule has 14 heavy (non-hydrogen) atoms. The Balaban J connectivity index is 2.47. The first kappa shape index (κ1) is 7.50. The van der Waals surface area contributed by atoms with Gasteiger partial charge in [0.15, 0.2) is 5.76 Å². The molecule has 0 N–H and O–H groups in total. The third-order valence-corrected chi connectivity index (χ3v) is 2.16. The number of benzene rings is 1. The molecule has 2 aliphatic heterocycles. The minimum atomic E-state index is -0.501. The van der Waals surface area contributed by atoms with E-state index in [0.717, 1.165) is 11.0 Å². The Bertz CT molecular complexity index is 523. The number of para-hydroxylation sites is 1. The Morgan fingerprint density at radius 3 is 2.93 bits per heavy atom. The molecule has 0 aromatic heterocycles. The van der Waals surface area contributed by atoms with Crippen molar-refractivity contribution in [2.75, 3.05) is 0 Å². The molecule has 1 aromatic rings. The van der Waals surface area contributed by atoms with Gasteiger partial charge < -0.3 is 4.42 Å². The molecule has 0 spiro atoms. The lowest BCUT2D eigenvalue weighted by molar-refractivity contribution is 0.591. The van der Waals surface area contributed by atoms with Gasteiger partial charge in [-0.1, -0.05) is 18.2 Å². The number of fused-ring (bicyclic) bond motifs is 2. The van der Waals surface area contributed by atoms with Crippen molar-refractivity contribution in [1.29, 1.82) is 0 Å². The quantitative estimate of drug-likeness (QED) is 0.540. The fourth-order valence-electron chi connectivity index (χ4n) is 1.53. The average molecular weight is 187 g/mol. The topological polar surface area (TPSA) is 26.0 Å². The Labute approximate surface area is 79.3 Å². The van der Waals surface area contributed by atoms with E-state index in [-0.39, 0.29) is 0 Å². The number of rotatable bonds is 0. The normalized spacial score (nSPS) is 11.2. The van der Waals surface area contributed by atoms with E-state index in [2.05, 4.69) is 4.98 Å². The average Bonchev–Trinajstić information content (AvgIpc) is 2.53. The van der Waals surface area contributed by atoms with Crippen molar-refractivity contribution in [2.45, 2.75) is 0 Å². The van der Waals surface area contributed by atoms with Gasteiger partial charge in [-0.3, -0.25) is 0 Å². The molecule has 3 rings (SSSR count). The number of hydrogen-bond acceptors (Lipinski definition) is 2. The smallest absolute Gasteiger partial charge is 0.217 e. The van der Waals surface area contributed by atoms with Crippen LogP contribution in [0.2, 0.25) is 0 Å². The standard InChI is InChI=1S/C11H6FNO/c12-11-6-10-8(13-11)5-7-3-1-2-4-9(7)14-10/h1-6H. The summed E-state index contributed by atoms with van der Waals surface area (Å²) in [6.07, 6.45) is 0. The van der Waals surface area contributed by atoms with Crippen molar-refractivity contribution in [3.05, 3.63) is 42.3 Å². The van der Waals surface area contributed by atoms with Crippen LogP contribution in [0.5, 0.6) is 0 Å². The number of nitrogens with zero attached hydrogens (tertiary/aromatic N) is 1. The van der Waals surface area contributed by atoms with Crippen LogP contribution in [0.4, 0.5) is 4.39 Å². The van der Waals surface area contributed by atoms with Gasteiger partial charge in [0.05, 0.1) is 0 Å². The zero-order chi connectivity index (χ0) is 9.54. The van der Waals surface area contributed by atoms with Crippen LogP contribution in [0.1, 0.15) is 0 Å². The predicted molar refractivity (Wildman–Crippen MR) is 50.6 cm³/mol. The minimum absolute atomic E-state index is 0.487.